The highest BCUT2D eigenvalue weighted by Gasteiger charge is 2.16. The number of hydrogen-bond donors (Lipinski definition) is 2. The molecule has 0 aliphatic carbocycles. The smallest absolute Gasteiger partial charge is 0.252 e. The summed E-state index contributed by atoms with van der Waals surface area (Å²) in [7, 11) is 0. The molecule has 14 heavy (non-hydrogen) atoms. The van der Waals surface area contributed by atoms with E-state index in [1.54, 1.807) is 0 Å². The van der Waals surface area contributed by atoms with Crippen molar-refractivity contribution in [3.8, 4) is 0 Å². The first-order chi connectivity index (χ1) is 6.75. The zero-order valence-corrected chi connectivity index (χ0v) is 8.16. The first-order valence-electron chi connectivity index (χ1n) is 4.79. The van der Waals surface area contributed by atoms with Crippen molar-refractivity contribution in [3.05, 3.63) is 22.7 Å². The molecule has 1 saturated heterocycles. The van der Waals surface area contributed by atoms with Crippen LogP contribution in [-0.4, -0.2) is 35.6 Å². The van der Waals surface area contributed by atoms with Gasteiger partial charge in [-0.05, 0) is 6.92 Å². The van der Waals surface area contributed by atoms with Crippen molar-refractivity contribution in [2.24, 2.45) is 0 Å². The average molecular weight is 194 g/mol. The third-order valence-corrected chi connectivity index (χ3v) is 2.36. The molecular weight excluding hydrogens is 180 g/mol. The minimum Gasteiger partial charge on any atom is -0.354 e. The van der Waals surface area contributed by atoms with Crippen LogP contribution in [0.2, 0.25) is 0 Å². The van der Waals surface area contributed by atoms with Gasteiger partial charge in [0.1, 0.15) is 5.82 Å². The van der Waals surface area contributed by atoms with E-state index < -0.39 is 0 Å². The Balaban J connectivity index is 2.18. The van der Waals surface area contributed by atoms with Crippen LogP contribution in [0.5, 0.6) is 0 Å². The predicted molar refractivity (Wildman–Crippen MR) is 54.5 cm³/mol. The highest BCUT2D eigenvalue weighted by atomic mass is 16.1. The fourth-order valence-corrected chi connectivity index (χ4v) is 1.67. The number of rotatable bonds is 1. The summed E-state index contributed by atoms with van der Waals surface area (Å²) in [5.74, 6) is 0.766. The van der Waals surface area contributed by atoms with Gasteiger partial charge in [-0.3, -0.25) is 4.79 Å². The molecule has 1 aromatic heterocycles. The van der Waals surface area contributed by atoms with E-state index in [9.17, 15) is 4.79 Å². The molecule has 0 aromatic carbocycles. The van der Waals surface area contributed by atoms with Gasteiger partial charge in [0.15, 0.2) is 0 Å². The lowest BCUT2D eigenvalue weighted by Gasteiger charge is -2.32. The van der Waals surface area contributed by atoms with Crippen molar-refractivity contribution in [2.45, 2.75) is 13.0 Å². The Labute approximate surface area is 82.2 Å². The van der Waals surface area contributed by atoms with Crippen LogP contribution in [0, 0.1) is 0 Å². The molecule has 5 heteroatoms. The number of nitrogens with zero attached hydrogens (tertiary/aromatic N) is 2. The Bertz CT molecular complexity index is 362. The second-order valence-corrected chi connectivity index (χ2v) is 3.57. The number of H-pyrrole nitrogens is 1. The van der Waals surface area contributed by atoms with E-state index in [1.165, 1.54) is 12.4 Å². The molecule has 0 bridgehead atoms. The molecule has 1 aromatic rings. The molecule has 0 amide bonds. The van der Waals surface area contributed by atoms with Crippen LogP contribution in [-0.2, 0) is 0 Å². The largest absolute Gasteiger partial charge is 0.354 e. The molecule has 1 atom stereocenters. The highest BCUT2D eigenvalue weighted by Crippen LogP contribution is 2.08. The Morgan fingerprint density at radius 3 is 3.21 bits per heavy atom. The number of hydrogen-bond acceptors (Lipinski definition) is 4. The Hall–Kier alpha value is -1.36. The third kappa shape index (κ3) is 1.93. The Kier molecular flexibility index (Phi) is 2.49. The first-order valence-corrected chi connectivity index (χ1v) is 4.79. The van der Waals surface area contributed by atoms with Crippen molar-refractivity contribution in [3.63, 3.8) is 0 Å². The molecule has 2 rings (SSSR count). The van der Waals surface area contributed by atoms with E-state index in [1.807, 2.05) is 0 Å². The number of anilines is 1. The van der Waals surface area contributed by atoms with Gasteiger partial charge in [0.05, 0.1) is 6.33 Å². The standard InChI is InChI=1S/C9H14N4O/c1-7-5-13(3-2-10-7)8-4-9(14)12-6-11-8/h4,6-7,10H,2-3,5H2,1H3,(H,11,12,14)/t7-/m0/s1. The molecule has 1 aliphatic heterocycles. The van der Waals surface area contributed by atoms with Gasteiger partial charge in [-0.2, -0.15) is 0 Å². The van der Waals surface area contributed by atoms with Gasteiger partial charge in [-0.25, -0.2) is 4.98 Å². The summed E-state index contributed by atoms with van der Waals surface area (Å²) >= 11 is 0. The second kappa shape index (κ2) is 3.79. The van der Waals surface area contributed by atoms with Gasteiger partial charge in [0.2, 0.25) is 0 Å². The van der Waals surface area contributed by atoms with Gasteiger partial charge < -0.3 is 15.2 Å². The molecule has 5 nitrogen and oxygen atoms in total. The summed E-state index contributed by atoms with van der Waals surface area (Å²) in [5, 5.41) is 3.34. The number of aromatic nitrogens is 2. The molecule has 2 N–H and O–H groups in total. The van der Waals surface area contributed by atoms with Crippen molar-refractivity contribution in [1.29, 1.82) is 0 Å². The van der Waals surface area contributed by atoms with Crippen LogP contribution in [0.3, 0.4) is 0 Å². The third-order valence-electron chi connectivity index (χ3n) is 2.36. The van der Waals surface area contributed by atoms with E-state index in [2.05, 4.69) is 27.1 Å². The fraction of sp³-hybridized carbons (Fsp3) is 0.556. The topological polar surface area (TPSA) is 61.0 Å². The van der Waals surface area contributed by atoms with E-state index in [0.717, 1.165) is 25.5 Å². The maximum absolute atomic E-state index is 11.1. The van der Waals surface area contributed by atoms with Crippen molar-refractivity contribution >= 4 is 5.82 Å². The molecule has 1 aliphatic rings. The molecule has 0 spiro atoms. The van der Waals surface area contributed by atoms with Crippen molar-refractivity contribution in [2.75, 3.05) is 24.5 Å². The fourth-order valence-electron chi connectivity index (χ4n) is 1.67. The lowest BCUT2D eigenvalue weighted by Crippen LogP contribution is -2.49. The van der Waals surface area contributed by atoms with Gasteiger partial charge in [-0.15, -0.1) is 0 Å². The summed E-state index contributed by atoms with van der Waals surface area (Å²) in [6, 6.07) is 1.99. The summed E-state index contributed by atoms with van der Waals surface area (Å²) in [5.41, 5.74) is -0.0961. The summed E-state index contributed by atoms with van der Waals surface area (Å²) in [4.78, 5) is 19.9. The lowest BCUT2D eigenvalue weighted by atomic mass is 10.2. The SMILES string of the molecule is C[C@H]1CN(c2cc(=O)[nH]cn2)CCN1. The Morgan fingerprint density at radius 2 is 2.50 bits per heavy atom. The molecule has 1 fully saturated rings. The van der Waals surface area contributed by atoms with Crippen LogP contribution in [0.4, 0.5) is 5.82 Å². The maximum atomic E-state index is 11.1. The van der Waals surface area contributed by atoms with E-state index >= 15 is 0 Å². The summed E-state index contributed by atoms with van der Waals surface area (Å²) in [6.45, 7) is 4.87. The zero-order valence-electron chi connectivity index (χ0n) is 8.16. The number of aromatic amines is 1. The molecule has 0 saturated carbocycles. The molecule has 0 unspecified atom stereocenters. The monoisotopic (exact) mass is 194 g/mol. The quantitative estimate of drug-likeness (QED) is 0.636. The normalized spacial score (nSPS) is 22.4. The minimum absolute atomic E-state index is 0.0961. The lowest BCUT2D eigenvalue weighted by molar-refractivity contribution is 0.482. The van der Waals surface area contributed by atoms with Gasteiger partial charge in [0, 0.05) is 31.7 Å². The highest BCUT2D eigenvalue weighted by molar-refractivity contribution is 5.37. The van der Waals surface area contributed by atoms with Gasteiger partial charge >= 0.3 is 0 Å². The van der Waals surface area contributed by atoms with E-state index in [4.69, 9.17) is 0 Å². The van der Waals surface area contributed by atoms with Crippen LogP contribution in [0.15, 0.2) is 17.2 Å². The van der Waals surface area contributed by atoms with Gasteiger partial charge in [-0.1, -0.05) is 0 Å². The minimum atomic E-state index is -0.0961. The maximum Gasteiger partial charge on any atom is 0.252 e. The number of piperazine rings is 1. The van der Waals surface area contributed by atoms with E-state index in [-0.39, 0.29) is 5.56 Å². The number of nitrogens with one attached hydrogen (secondary N) is 2. The summed E-state index contributed by atoms with van der Waals surface area (Å²) in [6.07, 6.45) is 1.45. The zero-order chi connectivity index (χ0) is 9.97. The first kappa shape index (κ1) is 9.21. The molecular formula is C9H14N4O. The summed E-state index contributed by atoms with van der Waals surface area (Å²) < 4.78 is 0. The van der Waals surface area contributed by atoms with Crippen LogP contribution in [0.1, 0.15) is 6.92 Å². The van der Waals surface area contributed by atoms with Crippen molar-refractivity contribution < 1.29 is 0 Å². The molecule has 76 valence electrons. The van der Waals surface area contributed by atoms with Crippen LogP contribution < -0.4 is 15.8 Å². The van der Waals surface area contributed by atoms with E-state index in [0.29, 0.717) is 6.04 Å². The molecule has 0 radical (unpaired) electrons. The Morgan fingerprint density at radius 1 is 1.64 bits per heavy atom. The van der Waals surface area contributed by atoms with Gasteiger partial charge in [0.25, 0.3) is 5.56 Å². The molecule has 2 heterocycles. The average Bonchev–Trinajstić information content (AvgIpc) is 2.18. The predicted octanol–water partition coefficient (Wildman–Crippen LogP) is -0.432. The van der Waals surface area contributed by atoms with Crippen molar-refractivity contribution in [1.82, 2.24) is 15.3 Å². The second-order valence-electron chi connectivity index (χ2n) is 3.57. The van der Waals surface area contributed by atoms with Crippen LogP contribution in [0.25, 0.3) is 0 Å². The van der Waals surface area contributed by atoms with Crippen LogP contribution >= 0.6 is 0 Å².